The third-order valence-electron chi connectivity index (χ3n) is 2.83. The molecule has 2 rings (SSSR count). The molecule has 3 nitrogen and oxygen atoms in total. The molecule has 1 heterocycles. The highest BCUT2D eigenvalue weighted by atomic mass is 32.2. The van der Waals surface area contributed by atoms with Gasteiger partial charge in [0.15, 0.2) is 0 Å². The normalized spacial score (nSPS) is 18.8. The molecule has 88 valence electrons. The van der Waals surface area contributed by atoms with Gasteiger partial charge in [-0.1, -0.05) is 12.8 Å². The molecule has 0 aromatic carbocycles. The fourth-order valence-corrected chi connectivity index (χ4v) is 4.68. The van der Waals surface area contributed by atoms with Crippen LogP contribution in [0.5, 0.6) is 0 Å². The Labute approximate surface area is 101 Å². The van der Waals surface area contributed by atoms with Gasteiger partial charge in [0.05, 0.1) is 5.75 Å². The van der Waals surface area contributed by atoms with Gasteiger partial charge in [-0.15, -0.1) is 11.3 Å². The minimum Gasteiger partial charge on any atom is -0.477 e. The molecule has 0 radical (unpaired) electrons. The van der Waals surface area contributed by atoms with Gasteiger partial charge in [-0.25, -0.2) is 4.79 Å². The third-order valence-corrected chi connectivity index (χ3v) is 5.90. The summed E-state index contributed by atoms with van der Waals surface area (Å²) in [6.45, 7) is 0. The molecule has 0 spiro atoms. The molecule has 1 aliphatic carbocycles. The van der Waals surface area contributed by atoms with Crippen LogP contribution in [0.15, 0.2) is 12.1 Å². The topological polar surface area (TPSA) is 54.4 Å². The molecule has 0 bridgehead atoms. The van der Waals surface area contributed by atoms with Gasteiger partial charge in [0.2, 0.25) is 0 Å². The summed E-state index contributed by atoms with van der Waals surface area (Å²) in [4.78, 5) is 11.9. The lowest BCUT2D eigenvalue weighted by molar-refractivity contribution is 0.0702. The minimum atomic E-state index is -0.900. The summed E-state index contributed by atoms with van der Waals surface area (Å²) >= 11 is 1.24. The van der Waals surface area contributed by atoms with Gasteiger partial charge in [-0.3, -0.25) is 4.21 Å². The zero-order valence-corrected chi connectivity index (χ0v) is 10.5. The van der Waals surface area contributed by atoms with Crippen molar-refractivity contribution in [1.82, 2.24) is 0 Å². The predicted octanol–water partition coefficient (Wildman–Crippen LogP) is 2.64. The Morgan fingerprint density at radius 3 is 2.69 bits per heavy atom. The largest absolute Gasteiger partial charge is 0.477 e. The van der Waals surface area contributed by atoms with Crippen LogP contribution in [0, 0.1) is 0 Å². The number of carboxylic acids is 1. The van der Waals surface area contributed by atoms with E-state index < -0.39 is 16.8 Å². The Morgan fingerprint density at radius 2 is 2.12 bits per heavy atom. The van der Waals surface area contributed by atoms with Crippen molar-refractivity contribution in [3.05, 3.63) is 21.9 Å². The van der Waals surface area contributed by atoms with E-state index in [1.54, 1.807) is 12.1 Å². The van der Waals surface area contributed by atoms with Gasteiger partial charge in [0.1, 0.15) is 4.88 Å². The third kappa shape index (κ3) is 2.71. The highest BCUT2D eigenvalue weighted by Gasteiger charge is 2.22. The molecule has 1 saturated carbocycles. The van der Waals surface area contributed by atoms with Gasteiger partial charge < -0.3 is 5.11 Å². The zero-order valence-electron chi connectivity index (χ0n) is 8.85. The van der Waals surface area contributed by atoms with Crippen LogP contribution in [-0.2, 0) is 16.6 Å². The van der Waals surface area contributed by atoms with Gasteiger partial charge in [0, 0.05) is 20.9 Å². The number of rotatable bonds is 4. The molecule has 1 aromatic rings. The van der Waals surface area contributed by atoms with Crippen LogP contribution in [0.3, 0.4) is 0 Å². The molecule has 1 atom stereocenters. The van der Waals surface area contributed by atoms with E-state index in [0.29, 0.717) is 15.9 Å². The van der Waals surface area contributed by atoms with E-state index in [4.69, 9.17) is 5.11 Å². The average Bonchev–Trinajstić information content (AvgIpc) is 2.87. The van der Waals surface area contributed by atoms with Crippen LogP contribution in [-0.4, -0.2) is 20.5 Å². The monoisotopic (exact) mass is 258 g/mol. The SMILES string of the molecule is O=C(O)c1ccc(CS(=O)C2CCCC2)s1. The quantitative estimate of drug-likeness (QED) is 0.903. The van der Waals surface area contributed by atoms with Crippen LogP contribution in [0.2, 0.25) is 0 Å². The van der Waals surface area contributed by atoms with Crippen LogP contribution in [0.4, 0.5) is 0 Å². The molecular formula is C11H14O3S2. The Balaban J connectivity index is 1.97. The van der Waals surface area contributed by atoms with Crippen LogP contribution >= 0.6 is 11.3 Å². The van der Waals surface area contributed by atoms with Crippen LogP contribution in [0.1, 0.15) is 40.2 Å². The second-order valence-corrected chi connectivity index (χ2v) is 6.89. The first-order chi connectivity index (χ1) is 7.66. The summed E-state index contributed by atoms with van der Waals surface area (Å²) in [6, 6.07) is 3.37. The molecule has 0 aliphatic heterocycles. The molecule has 1 aromatic heterocycles. The van der Waals surface area contributed by atoms with Crippen LogP contribution in [0.25, 0.3) is 0 Å². The Hall–Kier alpha value is -0.680. The van der Waals surface area contributed by atoms with Crippen molar-refractivity contribution in [2.75, 3.05) is 0 Å². The van der Waals surface area contributed by atoms with Crippen molar-refractivity contribution in [2.45, 2.75) is 36.7 Å². The maximum atomic E-state index is 12.0. The van der Waals surface area contributed by atoms with E-state index in [2.05, 4.69) is 0 Å². The van der Waals surface area contributed by atoms with E-state index in [-0.39, 0.29) is 0 Å². The fourth-order valence-electron chi connectivity index (χ4n) is 1.98. The van der Waals surface area contributed by atoms with Crippen molar-refractivity contribution in [3.8, 4) is 0 Å². The van der Waals surface area contributed by atoms with E-state index in [0.717, 1.165) is 17.7 Å². The fraction of sp³-hybridized carbons (Fsp3) is 0.545. The van der Waals surface area contributed by atoms with E-state index in [9.17, 15) is 9.00 Å². The lowest BCUT2D eigenvalue weighted by Gasteiger charge is -2.07. The maximum absolute atomic E-state index is 12.0. The van der Waals surface area contributed by atoms with E-state index >= 15 is 0 Å². The summed E-state index contributed by atoms with van der Waals surface area (Å²) < 4.78 is 12.0. The van der Waals surface area contributed by atoms with Crippen molar-refractivity contribution in [3.63, 3.8) is 0 Å². The average molecular weight is 258 g/mol. The Bertz CT molecular complexity index is 405. The number of hydrogen-bond donors (Lipinski definition) is 1. The summed E-state index contributed by atoms with van der Waals surface area (Å²) in [5.41, 5.74) is 0. The van der Waals surface area contributed by atoms with Gasteiger partial charge in [0.25, 0.3) is 0 Å². The van der Waals surface area contributed by atoms with Gasteiger partial charge in [-0.05, 0) is 25.0 Å². The number of thiophene rings is 1. The zero-order chi connectivity index (χ0) is 11.5. The second-order valence-electron chi connectivity index (χ2n) is 4.00. The highest BCUT2D eigenvalue weighted by Crippen LogP contribution is 2.26. The van der Waals surface area contributed by atoms with Gasteiger partial charge in [-0.2, -0.15) is 0 Å². The molecule has 0 saturated heterocycles. The summed E-state index contributed by atoms with van der Waals surface area (Å²) in [6.07, 6.45) is 4.48. The number of hydrogen-bond acceptors (Lipinski definition) is 3. The first-order valence-corrected chi connectivity index (χ1v) is 7.56. The Kier molecular flexibility index (Phi) is 3.76. The molecule has 1 aliphatic rings. The molecule has 1 unspecified atom stereocenters. The first kappa shape index (κ1) is 11.8. The minimum absolute atomic E-state index is 0.329. The number of carboxylic acid groups (broad SMARTS) is 1. The molecule has 1 fully saturated rings. The number of aromatic carboxylic acids is 1. The first-order valence-electron chi connectivity index (χ1n) is 5.36. The van der Waals surface area contributed by atoms with Crippen molar-refractivity contribution < 1.29 is 14.1 Å². The molecule has 0 amide bonds. The lowest BCUT2D eigenvalue weighted by Crippen LogP contribution is -2.11. The smallest absolute Gasteiger partial charge is 0.345 e. The molecule has 16 heavy (non-hydrogen) atoms. The lowest BCUT2D eigenvalue weighted by atomic mass is 10.4. The van der Waals surface area contributed by atoms with E-state index in [1.807, 2.05) is 0 Å². The highest BCUT2D eigenvalue weighted by molar-refractivity contribution is 7.85. The number of carbonyl (C=O) groups is 1. The standard InChI is InChI=1S/C11H14O3S2/c12-11(13)10-6-5-8(15-10)7-16(14)9-3-1-2-4-9/h5-6,9H,1-4,7H2,(H,12,13). The van der Waals surface area contributed by atoms with Crippen molar-refractivity contribution in [1.29, 1.82) is 0 Å². The van der Waals surface area contributed by atoms with Crippen molar-refractivity contribution >= 4 is 28.1 Å². The molecule has 5 heteroatoms. The van der Waals surface area contributed by atoms with Crippen LogP contribution < -0.4 is 0 Å². The summed E-state index contributed by atoms with van der Waals surface area (Å²) in [5.74, 6) is -0.384. The molecule has 1 N–H and O–H groups in total. The Morgan fingerprint density at radius 1 is 1.44 bits per heavy atom. The van der Waals surface area contributed by atoms with Gasteiger partial charge >= 0.3 is 5.97 Å². The van der Waals surface area contributed by atoms with E-state index in [1.165, 1.54) is 24.2 Å². The summed E-state index contributed by atoms with van der Waals surface area (Å²) in [5, 5.41) is 9.11. The predicted molar refractivity (Wildman–Crippen MR) is 65.4 cm³/mol. The summed E-state index contributed by atoms with van der Waals surface area (Å²) in [7, 11) is -0.829. The second kappa shape index (κ2) is 5.10. The maximum Gasteiger partial charge on any atom is 0.345 e. The van der Waals surface area contributed by atoms with Crippen molar-refractivity contribution in [2.24, 2.45) is 0 Å². The molecular weight excluding hydrogens is 244 g/mol.